The van der Waals surface area contributed by atoms with E-state index in [0.29, 0.717) is 26.8 Å². The predicted molar refractivity (Wildman–Crippen MR) is 115 cm³/mol. The minimum Gasteiger partial charge on any atom is -0.288 e. The first-order valence-corrected chi connectivity index (χ1v) is 9.92. The van der Waals surface area contributed by atoms with Gasteiger partial charge in [0, 0.05) is 28.5 Å². The van der Waals surface area contributed by atoms with Gasteiger partial charge in [0.15, 0.2) is 5.78 Å². The van der Waals surface area contributed by atoms with E-state index in [1.807, 2.05) is 12.1 Å². The summed E-state index contributed by atoms with van der Waals surface area (Å²) in [6, 6.07) is 18.6. The van der Waals surface area contributed by atoms with E-state index in [9.17, 15) is 19.3 Å². The first-order chi connectivity index (χ1) is 13.9. The minimum absolute atomic E-state index is 0.0256. The van der Waals surface area contributed by atoms with Gasteiger partial charge < -0.3 is 0 Å². The third-order valence-electron chi connectivity index (χ3n) is 4.04. The molecule has 146 valence electrons. The summed E-state index contributed by atoms with van der Waals surface area (Å²) in [6.07, 6.45) is 1.68. The number of nitrogens with zero attached hydrogens (tertiary/aromatic N) is 1. The van der Waals surface area contributed by atoms with E-state index >= 15 is 0 Å². The normalized spacial score (nSPS) is 11.3. The molecule has 0 aliphatic rings. The van der Waals surface area contributed by atoms with E-state index in [1.54, 1.807) is 30.3 Å². The molecule has 7 heteroatoms. The van der Waals surface area contributed by atoms with Crippen LogP contribution in [0.15, 0.2) is 77.7 Å². The highest BCUT2D eigenvalue weighted by atomic mass is 35.5. The standard InChI is InChI=1S/C22H15ClFNO3S/c23-18-7-1-16(2-8-18)14-29-21(22(26)17-5-9-19(24)10-6-17)13-15-3-11-20(12-4-15)25(27)28/h1-13H,14H2/b21-13-. The molecule has 0 spiro atoms. The Kier molecular flexibility index (Phi) is 6.80. The van der Waals surface area contributed by atoms with Crippen molar-refractivity contribution in [2.24, 2.45) is 0 Å². The van der Waals surface area contributed by atoms with Crippen LogP contribution in [0.25, 0.3) is 6.08 Å². The fourth-order valence-electron chi connectivity index (χ4n) is 2.50. The van der Waals surface area contributed by atoms with Crippen molar-refractivity contribution in [3.63, 3.8) is 0 Å². The highest BCUT2D eigenvalue weighted by Crippen LogP contribution is 2.28. The molecular weight excluding hydrogens is 413 g/mol. The van der Waals surface area contributed by atoms with E-state index in [2.05, 4.69) is 0 Å². The number of carbonyl (C=O) groups excluding carboxylic acids is 1. The lowest BCUT2D eigenvalue weighted by molar-refractivity contribution is -0.384. The summed E-state index contributed by atoms with van der Waals surface area (Å²) in [6.45, 7) is 0. The third kappa shape index (κ3) is 5.76. The number of nitro benzene ring substituents is 1. The second kappa shape index (κ2) is 9.49. The molecule has 4 nitrogen and oxygen atoms in total. The van der Waals surface area contributed by atoms with Crippen molar-refractivity contribution in [1.29, 1.82) is 0 Å². The van der Waals surface area contributed by atoms with Gasteiger partial charge in [-0.15, -0.1) is 11.8 Å². The number of nitro groups is 1. The number of benzene rings is 3. The average molecular weight is 428 g/mol. The molecule has 0 aliphatic carbocycles. The smallest absolute Gasteiger partial charge is 0.269 e. The first-order valence-electron chi connectivity index (χ1n) is 8.56. The number of thioether (sulfide) groups is 1. The summed E-state index contributed by atoms with van der Waals surface area (Å²) >= 11 is 7.24. The first kappa shape index (κ1) is 20.8. The maximum Gasteiger partial charge on any atom is 0.269 e. The summed E-state index contributed by atoms with van der Waals surface area (Å²) in [5.74, 6) is -0.137. The van der Waals surface area contributed by atoms with E-state index in [-0.39, 0.29) is 11.5 Å². The summed E-state index contributed by atoms with van der Waals surface area (Å²) in [5, 5.41) is 11.5. The van der Waals surface area contributed by atoms with Gasteiger partial charge in [0.2, 0.25) is 0 Å². The SMILES string of the molecule is O=C(/C(=C/c1ccc([N+](=O)[O-])cc1)SCc1ccc(Cl)cc1)c1ccc(F)cc1. The minimum atomic E-state index is -0.479. The molecule has 0 aliphatic heterocycles. The predicted octanol–water partition coefficient (Wildman–Crippen LogP) is 6.54. The molecule has 0 atom stereocenters. The van der Waals surface area contributed by atoms with Crippen molar-refractivity contribution in [2.45, 2.75) is 5.75 Å². The highest BCUT2D eigenvalue weighted by molar-refractivity contribution is 8.03. The lowest BCUT2D eigenvalue weighted by Crippen LogP contribution is -2.01. The Labute approximate surface area is 176 Å². The van der Waals surface area contributed by atoms with E-state index in [0.717, 1.165) is 5.56 Å². The van der Waals surface area contributed by atoms with E-state index in [4.69, 9.17) is 11.6 Å². The molecule has 0 saturated heterocycles. The number of rotatable bonds is 7. The van der Waals surface area contributed by atoms with Gasteiger partial charge in [-0.3, -0.25) is 14.9 Å². The lowest BCUT2D eigenvalue weighted by Gasteiger charge is -2.08. The largest absolute Gasteiger partial charge is 0.288 e. The van der Waals surface area contributed by atoms with E-state index < -0.39 is 10.7 Å². The van der Waals surface area contributed by atoms with Crippen LogP contribution in [0.3, 0.4) is 0 Å². The zero-order valence-corrected chi connectivity index (χ0v) is 16.6. The van der Waals surface area contributed by atoms with Crippen LogP contribution in [0.5, 0.6) is 0 Å². The van der Waals surface area contributed by atoms with Crippen molar-refractivity contribution in [3.8, 4) is 0 Å². The van der Waals surface area contributed by atoms with Gasteiger partial charge in [-0.2, -0.15) is 0 Å². The van der Waals surface area contributed by atoms with Crippen LogP contribution in [0, 0.1) is 15.9 Å². The summed E-state index contributed by atoms with van der Waals surface area (Å²) in [7, 11) is 0. The van der Waals surface area contributed by atoms with Gasteiger partial charge in [-0.25, -0.2) is 4.39 Å². The second-order valence-corrected chi connectivity index (χ2v) is 7.56. The van der Waals surface area contributed by atoms with Crippen molar-refractivity contribution >= 4 is 40.9 Å². The molecule has 0 saturated carbocycles. The van der Waals surface area contributed by atoms with Gasteiger partial charge in [0.1, 0.15) is 5.82 Å². The lowest BCUT2D eigenvalue weighted by atomic mass is 10.1. The Hall–Kier alpha value is -2.96. The number of hydrogen-bond acceptors (Lipinski definition) is 4. The van der Waals surface area contributed by atoms with E-state index in [1.165, 1.54) is 48.2 Å². The molecule has 0 unspecified atom stereocenters. The quantitative estimate of drug-likeness (QED) is 0.186. The number of halogens is 2. The molecule has 29 heavy (non-hydrogen) atoms. The molecule has 0 N–H and O–H groups in total. The Balaban J connectivity index is 1.88. The van der Waals surface area contributed by atoms with Gasteiger partial charge in [-0.1, -0.05) is 23.7 Å². The average Bonchev–Trinajstić information content (AvgIpc) is 2.72. The number of ketones is 1. The molecule has 0 fully saturated rings. The number of non-ortho nitro benzene ring substituents is 1. The van der Waals surface area contributed by atoms with Crippen LogP contribution in [-0.2, 0) is 5.75 Å². The van der Waals surface area contributed by atoms with Gasteiger partial charge in [0.25, 0.3) is 5.69 Å². The molecule has 0 radical (unpaired) electrons. The summed E-state index contributed by atoms with van der Waals surface area (Å²) < 4.78 is 13.2. The van der Waals surface area contributed by atoms with Crippen molar-refractivity contribution in [1.82, 2.24) is 0 Å². The van der Waals surface area contributed by atoms with Crippen LogP contribution in [0.1, 0.15) is 21.5 Å². The Bertz CT molecular complexity index is 1050. The Morgan fingerprint density at radius 3 is 2.21 bits per heavy atom. The van der Waals surface area contributed by atoms with Gasteiger partial charge in [0.05, 0.1) is 9.83 Å². The van der Waals surface area contributed by atoms with Gasteiger partial charge in [-0.05, 0) is 65.7 Å². The maximum atomic E-state index is 13.2. The molecule has 3 aromatic carbocycles. The number of hydrogen-bond donors (Lipinski definition) is 0. The summed E-state index contributed by atoms with van der Waals surface area (Å²) in [5.41, 5.74) is 1.98. The topological polar surface area (TPSA) is 60.2 Å². The summed E-state index contributed by atoms with van der Waals surface area (Å²) in [4.78, 5) is 23.8. The Morgan fingerprint density at radius 1 is 1.00 bits per heavy atom. The maximum absolute atomic E-state index is 13.2. The zero-order valence-electron chi connectivity index (χ0n) is 15.0. The molecule has 0 bridgehead atoms. The van der Waals surface area contributed by atoms with Crippen LogP contribution in [0.2, 0.25) is 5.02 Å². The van der Waals surface area contributed by atoms with Crippen LogP contribution in [0.4, 0.5) is 10.1 Å². The van der Waals surface area contributed by atoms with Crippen LogP contribution >= 0.6 is 23.4 Å². The number of allylic oxidation sites excluding steroid dienone is 1. The second-order valence-electron chi connectivity index (χ2n) is 6.11. The zero-order chi connectivity index (χ0) is 20.8. The van der Waals surface area contributed by atoms with Crippen molar-refractivity contribution < 1.29 is 14.1 Å². The molecule has 3 rings (SSSR count). The number of Topliss-reactive ketones (excluding diaryl/α,β-unsaturated/α-hetero) is 1. The molecule has 0 heterocycles. The highest BCUT2D eigenvalue weighted by Gasteiger charge is 2.14. The Morgan fingerprint density at radius 2 is 1.62 bits per heavy atom. The molecule has 3 aromatic rings. The van der Waals surface area contributed by atoms with Crippen molar-refractivity contribution in [3.05, 3.63) is 115 Å². The van der Waals surface area contributed by atoms with Crippen LogP contribution < -0.4 is 0 Å². The number of carbonyl (C=O) groups is 1. The third-order valence-corrected chi connectivity index (χ3v) is 5.38. The fourth-order valence-corrected chi connectivity index (χ4v) is 3.61. The fraction of sp³-hybridized carbons (Fsp3) is 0.0455. The monoisotopic (exact) mass is 427 g/mol. The van der Waals surface area contributed by atoms with Crippen LogP contribution in [-0.4, -0.2) is 10.7 Å². The molecule has 0 amide bonds. The van der Waals surface area contributed by atoms with Crippen molar-refractivity contribution in [2.75, 3.05) is 0 Å². The van der Waals surface area contributed by atoms with Gasteiger partial charge >= 0.3 is 0 Å². The molecule has 0 aromatic heterocycles. The molecular formula is C22H15ClFNO3S.